The lowest BCUT2D eigenvalue weighted by molar-refractivity contribution is 0.262. The van der Waals surface area contributed by atoms with Crippen LogP contribution in [0.5, 0.6) is 0 Å². The van der Waals surface area contributed by atoms with Gasteiger partial charge in [0, 0.05) is 25.8 Å². The van der Waals surface area contributed by atoms with Gasteiger partial charge in [0.1, 0.15) is 0 Å². The van der Waals surface area contributed by atoms with E-state index in [1.54, 1.807) is 0 Å². The normalized spacial score (nSPS) is 11.6. The largest absolute Gasteiger partial charge is 0.374 e. The number of hydrogen-bond donors (Lipinski definition) is 1. The first-order valence-electron chi connectivity index (χ1n) is 6.99. The molecule has 18 heavy (non-hydrogen) atoms. The van der Waals surface area contributed by atoms with Crippen molar-refractivity contribution in [3.63, 3.8) is 0 Å². The molecular formula is C16H28N2. The van der Waals surface area contributed by atoms with Gasteiger partial charge in [0.25, 0.3) is 0 Å². The summed E-state index contributed by atoms with van der Waals surface area (Å²) in [5.41, 5.74) is 3.00. The number of benzene rings is 1. The maximum atomic E-state index is 3.35. The molecule has 1 aromatic carbocycles. The van der Waals surface area contributed by atoms with Gasteiger partial charge < -0.3 is 10.2 Å². The van der Waals surface area contributed by atoms with Gasteiger partial charge in [0.05, 0.1) is 0 Å². The number of rotatable bonds is 7. The van der Waals surface area contributed by atoms with Gasteiger partial charge in [-0.2, -0.15) is 0 Å². The molecule has 102 valence electrons. The highest BCUT2D eigenvalue weighted by Gasteiger charge is 2.27. The first kappa shape index (κ1) is 15.0. The Bertz CT molecular complexity index is 339. The number of aryl methyl sites for hydroxylation is 1. The summed E-state index contributed by atoms with van der Waals surface area (Å²) < 4.78 is 0. The third-order valence-corrected chi connectivity index (χ3v) is 4.10. The topological polar surface area (TPSA) is 15.3 Å². The predicted octanol–water partition coefficient (Wildman–Crippen LogP) is 3.46. The fraction of sp³-hybridized carbons (Fsp3) is 0.625. The SMILES string of the molecule is CCC(CC)(CNC)CN(C)c1ccc(C)cc1. The average Bonchev–Trinajstić information content (AvgIpc) is 2.38. The molecule has 0 aliphatic heterocycles. The second-order valence-electron chi connectivity index (χ2n) is 5.43. The Balaban J connectivity index is 2.77. The summed E-state index contributed by atoms with van der Waals surface area (Å²) in [7, 11) is 4.24. The van der Waals surface area contributed by atoms with Crippen LogP contribution in [-0.2, 0) is 0 Å². The van der Waals surface area contributed by atoms with Crippen LogP contribution in [-0.4, -0.2) is 27.2 Å². The van der Waals surface area contributed by atoms with Gasteiger partial charge in [-0.25, -0.2) is 0 Å². The summed E-state index contributed by atoms with van der Waals surface area (Å²) in [4.78, 5) is 2.38. The minimum atomic E-state index is 0.369. The van der Waals surface area contributed by atoms with E-state index >= 15 is 0 Å². The van der Waals surface area contributed by atoms with Crippen LogP contribution in [0.4, 0.5) is 5.69 Å². The Hall–Kier alpha value is -1.02. The Labute approximate surface area is 112 Å². The van der Waals surface area contributed by atoms with E-state index in [0.717, 1.165) is 13.1 Å². The highest BCUT2D eigenvalue weighted by Crippen LogP contribution is 2.28. The fourth-order valence-electron chi connectivity index (χ4n) is 2.55. The van der Waals surface area contributed by atoms with E-state index in [1.165, 1.54) is 24.1 Å². The molecule has 1 N–H and O–H groups in total. The van der Waals surface area contributed by atoms with Crippen molar-refractivity contribution in [2.75, 3.05) is 32.1 Å². The Kier molecular flexibility index (Phi) is 5.67. The van der Waals surface area contributed by atoms with Crippen molar-refractivity contribution >= 4 is 5.69 Å². The lowest BCUT2D eigenvalue weighted by atomic mass is 9.81. The molecule has 0 amide bonds. The summed E-state index contributed by atoms with van der Waals surface area (Å²) in [5, 5.41) is 3.35. The van der Waals surface area contributed by atoms with E-state index in [1.807, 2.05) is 7.05 Å². The van der Waals surface area contributed by atoms with Gasteiger partial charge in [0.15, 0.2) is 0 Å². The summed E-state index contributed by atoms with van der Waals surface area (Å²) in [5.74, 6) is 0. The zero-order valence-corrected chi connectivity index (χ0v) is 12.6. The van der Waals surface area contributed by atoms with Gasteiger partial charge in [-0.05, 0) is 44.4 Å². The molecule has 2 heteroatoms. The first-order valence-corrected chi connectivity index (χ1v) is 6.99. The van der Waals surface area contributed by atoms with Crippen LogP contribution < -0.4 is 10.2 Å². The first-order chi connectivity index (χ1) is 8.56. The summed E-state index contributed by atoms with van der Waals surface area (Å²) in [6, 6.07) is 8.79. The maximum Gasteiger partial charge on any atom is 0.0363 e. The number of nitrogens with zero attached hydrogens (tertiary/aromatic N) is 1. The Morgan fingerprint density at radius 1 is 1.11 bits per heavy atom. The van der Waals surface area contributed by atoms with Crippen molar-refractivity contribution in [3.05, 3.63) is 29.8 Å². The highest BCUT2D eigenvalue weighted by molar-refractivity contribution is 5.46. The van der Waals surface area contributed by atoms with E-state index < -0.39 is 0 Å². The molecule has 1 aromatic rings. The second kappa shape index (κ2) is 6.79. The Morgan fingerprint density at radius 2 is 1.67 bits per heavy atom. The van der Waals surface area contributed by atoms with Gasteiger partial charge in [-0.15, -0.1) is 0 Å². The molecule has 1 rings (SSSR count). The van der Waals surface area contributed by atoms with Crippen molar-refractivity contribution in [1.82, 2.24) is 5.32 Å². The third kappa shape index (κ3) is 3.74. The van der Waals surface area contributed by atoms with E-state index in [9.17, 15) is 0 Å². The highest BCUT2D eigenvalue weighted by atomic mass is 15.1. The summed E-state index contributed by atoms with van der Waals surface area (Å²) >= 11 is 0. The van der Waals surface area contributed by atoms with Crippen molar-refractivity contribution in [1.29, 1.82) is 0 Å². The molecule has 0 fully saturated rings. The lowest BCUT2D eigenvalue weighted by Crippen LogP contribution is -2.41. The molecule has 2 nitrogen and oxygen atoms in total. The van der Waals surface area contributed by atoms with Crippen molar-refractivity contribution in [3.8, 4) is 0 Å². The zero-order chi connectivity index (χ0) is 13.6. The van der Waals surface area contributed by atoms with Gasteiger partial charge in [-0.3, -0.25) is 0 Å². The minimum Gasteiger partial charge on any atom is -0.374 e. The number of hydrogen-bond acceptors (Lipinski definition) is 2. The van der Waals surface area contributed by atoms with Gasteiger partial charge in [-0.1, -0.05) is 31.5 Å². The van der Waals surface area contributed by atoms with Crippen molar-refractivity contribution in [2.45, 2.75) is 33.6 Å². The second-order valence-corrected chi connectivity index (χ2v) is 5.43. The zero-order valence-electron chi connectivity index (χ0n) is 12.6. The summed E-state index contributed by atoms with van der Waals surface area (Å²) in [6.07, 6.45) is 2.42. The third-order valence-electron chi connectivity index (χ3n) is 4.10. The van der Waals surface area contributed by atoms with Crippen molar-refractivity contribution in [2.24, 2.45) is 5.41 Å². The van der Waals surface area contributed by atoms with Gasteiger partial charge in [0.2, 0.25) is 0 Å². The smallest absolute Gasteiger partial charge is 0.0363 e. The van der Waals surface area contributed by atoms with E-state index in [-0.39, 0.29) is 0 Å². The van der Waals surface area contributed by atoms with Crippen LogP contribution in [0.25, 0.3) is 0 Å². The minimum absolute atomic E-state index is 0.369. The number of anilines is 1. The monoisotopic (exact) mass is 248 g/mol. The predicted molar refractivity (Wildman–Crippen MR) is 81.4 cm³/mol. The van der Waals surface area contributed by atoms with Crippen LogP contribution in [0.1, 0.15) is 32.3 Å². The van der Waals surface area contributed by atoms with E-state index in [4.69, 9.17) is 0 Å². The molecule has 0 spiro atoms. The molecule has 0 aliphatic carbocycles. The van der Waals surface area contributed by atoms with E-state index in [0.29, 0.717) is 5.41 Å². The fourth-order valence-corrected chi connectivity index (χ4v) is 2.55. The Morgan fingerprint density at radius 3 is 2.11 bits per heavy atom. The molecule has 0 saturated heterocycles. The molecule has 0 saturated carbocycles. The quantitative estimate of drug-likeness (QED) is 0.795. The van der Waals surface area contributed by atoms with Crippen LogP contribution in [0, 0.1) is 12.3 Å². The number of nitrogens with one attached hydrogen (secondary N) is 1. The van der Waals surface area contributed by atoms with Crippen LogP contribution >= 0.6 is 0 Å². The maximum absolute atomic E-state index is 3.35. The molecule has 0 radical (unpaired) electrons. The van der Waals surface area contributed by atoms with Crippen molar-refractivity contribution < 1.29 is 0 Å². The molecular weight excluding hydrogens is 220 g/mol. The molecule has 0 aliphatic rings. The summed E-state index contributed by atoms with van der Waals surface area (Å²) in [6.45, 7) is 8.90. The molecule has 0 heterocycles. The van der Waals surface area contributed by atoms with Crippen LogP contribution in [0.2, 0.25) is 0 Å². The van der Waals surface area contributed by atoms with Crippen LogP contribution in [0.3, 0.4) is 0 Å². The van der Waals surface area contributed by atoms with Crippen LogP contribution in [0.15, 0.2) is 24.3 Å². The molecule has 0 bridgehead atoms. The standard InChI is InChI=1S/C16H28N2/c1-6-16(7-2,12-17-4)13-18(5)15-10-8-14(3)9-11-15/h8-11,17H,6-7,12-13H2,1-5H3. The van der Waals surface area contributed by atoms with E-state index in [2.05, 4.69) is 62.3 Å². The lowest BCUT2D eigenvalue weighted by Gasteiger charge is -2.36. The molecule has 0 atom stereocenters. The molecule has 0 unspecified atom stereocenters. The molecule has 0 aromatic heterocycles. The average molecular weight is 248 g/mol. The van der Waals surface area contributed by atoms with Gasteiger partial charge >= 0.3 is 0 Å².